The normalized spacial score (nSPS) is 13.1. The molecule has 1 aromatic heterocycles. The highest BCUT2D eigenvalue weighted by atomic mass is 15.1. The zero-order valence-electron chi connectivity index (χ0n) is 26.2. The Balaban J connectivity index is 1.71. The second kappa shape index (κ2) is 24.2. The first-order valence-corrected chi connectivity index (χ1v) is 17.4. The molecule has 1 N–H and O–H groups in total. The Labute approximate surface area is 243 Å². The van der Waals surface area contributed by atoms with Crippen molar-refractivity contribution in [2.45, 2.75) is 174 Å². The van der Waals surface area contributed by atoms with E-state index in [1.54, 1.807) is 0 Å². The van der Waals surface area contributed by atoms with Crippen LogP contribution in [0, 0.1) is 5.92 Å². The quantitative estimate of drug-likeness (QED) is 0.0863. The summed E-state index contributed by atoms with van der Waals surface area (Å²) in [6.45, 7) is 4.62. The first kappa shape index (κ1) is 33.6. The van der Waals surface area contributed by atoms with Crippen LogP contribution < -0.4 is 4.57 Å². The number of benzene rings is 1. The van der Waals surface area contributed by atoms with E-state index in [0.29, 0.717) is 12.0 Å². The minimum atomic E-state index is 0.605. The van der Waals surface area contributed by atoms with Crippen LogP contribution in [0.25, 0.3) is 0 Å². The van der Waals surface area contributed by atoms with E-state index in [1.165, 1.54) is 160 Å². The molecule has 2 unspecified atom stereocenters. The Bertz CT molecular complexity index is 738. The average molecular weight is 538 g/mol. The Morgan fingerprint density at radius 2 is 1.03 bits per heavy atom. The first-order valence-electron chi connectivity index (χ1n) is 17.4. The second-order valence-electron chi connectivity index (χ2n) is 12.4. The zero-order valence-corrected chi connectivity index (χ0v) is 26.2. The second-order valence-corrected chi connectivity index (χ2v) is 12.4. The van der Waals surface area contributed by atoms with Gasteiger partial charge in [-0.25, -0.2) is 4.57 Å². The van der Waals surface area contributed by atoms with Crippen LogP contribution in [-0.4, -0.2) is 4.98 Å². The molecule has 0 fully saturated rings. The van der Waals surface area contributed by atoms with E-state index in [4.69, 9.17) is 0 Å². The van der Waals surface area contributed by atoms with Gasteiger partial charge in [0.05, 0.1) is 0 Å². The van der Waals surface area contributed by atoms with E-state index in [1.807, 2.05) is 0 Å². The minimum Gasteiger partial charge on any atom is -0.250 e. The lowest BCUT2D eigenvalue weighted by molar-refractivity contribution is -0.730. The van der Waals surface area contributed by atoms with Crippen LogP contribution in [0.4, 0.5) is 0 Å². The number of rotatable bonds is 27. The number of aromatic nitrogens is 2. The maximum atomic E-state index is 3.34. The van der Waals surface area contributed by atoms with Gasteiger partial charge >= 0.3 is 0 Å². The predicted molar refractivity (Wildman–Crippen MR) is 171 cm³/mol. The van der Waals surface area contributed by atoms with E-state index in [2.05, 4.69) is 72.5 Å². The van der Waals surface area contributed by atoms with Crippen molar-refractivity contribution < 1.29 is 4.57 Å². The Kier molecular flexibility index (Phi) is 20.9. The molecule has 0 aliphatic rings. The number of hydrogen-bond acceptors (Lipinski definition) is 0. The van der Waals surface area contributed by atoms with Gasteiger partial charge in [-0.2, -0.15) is 0 Å². The first-order chi connectivity index (χ1) is 19.3. The molecule has 222 valence electrons. The van der Waals surface area contributed by atoms with E-state index in [9.17, 15) is 0 Å². The molecule has 1 aromatic carbocycles. The molecule has 0 saturated carbocycles. The van der Waals surface area contributed by atoms with Crippen LogP contribution in [-0.2, 0) is 6.42 Å². The minimum absolute atomic E-state index is 0.605. The van der Waals surface area contributed by atoms with Gasteiger partial charge in [0.2, 0.25) is 6.33 Å². The summed E-state index contributed by atoms with van der Waals surface area (Å²) in [7, 11) is 0. The number of imidazole rings is 1. The molecular formula is C37H65N2+. The number of aromatic amines is 1. The van der Waals surface area contributed by atoms with Crippen molar-refractivity contribution in [1.82, 2.24) is 4.98 Å². The van der Waals surface area contributed by atoms with Gasteiger partial charge in [-0.05, 0) is 31.2 Å². The summed E-state index contributed by atoms with van der Waals surface area (Å²) in [5, 5.41) is 0. The standard InChI is InChI=1S/C37H64N2/c1-3-5-7-9-11-12-13-14-15-16-17-19-21-26-30-37(39-32-31-38-34-39)36(33-35-27-23-22-24-28-35)29-25-20-18-10-8-6-4-2/h22-24,27-28,31-32,34,36-37H,3-21,25-26,29-30,33H2,1-2H3/p+1. The fourth-order valence-corrected chi connectivity index (χ4v) is 6.39. The van der Waals surface area contributed by atoms with Crippen LogP contribution in [0.5, 0.6) is 0 Å². The molecule has 0 spiro atoms. The van der Waals surface area contributed by atoms with Crippen molar-refractivity contribution in [3.8, 4) is 0 Å². The van der Waals surface area contributed by atoms with E-state index < -0.39 is 0 Å². The van der Waals surface area contributed by atoms with Crippen molar-refractivity contribution in [2.75, 3.05) is 0 Å². The number of nitrogens with zero attached hydrogens (tertiary/aromatic N) is 1. The van der Waals surface area contributed by atoms with Gasteiger partial charge in [-0.1, -0.05) is 173 Å². The number of unbranched alkanes of at least 4 members (excludes halogenated alkanes) is 19. The average Bonchev–Trinajstić information content (AvgIpc) is 3.49. The van der Waals surface area contributed by atoms with Crippen molar-refractivity contribution >= 4 is 0 Å². The summed E-state index contributed by atoms with van der Waals surface area (Å²) >= 11 is 0. The van der Waals surface area contributed by atoms with Gasteiger partial charge in [0.25, 0.3) is 0 Å². The van der Waals surface area contributed by atoms with Crippen molar-refractivity contribution in [1.29, 1.82) is 0 Å². The topological polar surface area (TPSA) is 19.7 Å². The highest BCUT2D eigenvalue weighted by Gasteiger charge is 2.26. The molecule has 0 bridgehead atoms. The van der Waals surface area contributed by atoms with E-state index in [-0.39, 0.29) is 0 Å². The third-order valence-electron chi connectivity index (χ3n) is 8.87. The molecule has 39 heavy (non-hydrogen) atoms. The molecule has 2 heteroatoms. The van der Waals surface area contributed by atoms with Crippen LogP contribution in [0.3, 0.4) is 0 Å². The SMILES string of the molecule is CCCCCCCCCCCCCCCCC(C(CCCCCCCCC)Cc1ccccc1)[n+]1cc[nH]c1. The fraction of sp³-hybridized carbons (Fsp3) is 0.757. The lowest BCUT2D eigenvalue weighted by Crippen LogP contribution is -2.42. The van der Waals surface area contributed by atoms with Crippen molar-refractivity contribution in [3.63, 3.8) is 0 Å². The fourth-order valence-electron chi connectivity index (χ4n) is 6.39. The molecule has 0 aliphatic heterocycles. The number of nitrogens with one attached hydrogen (secondary N) is 1. The summed E-state index contributed by atoms with van der Waals surface area (Å²) in [5.41, 5.74) is 1.51. The van der Waals surface area contributed by atoms with Crippen LogP contribution >= 0.6 is 0 Å². The molecule has 2 nitrogen and oxygen atoms in total. The molecule has 0 amide bonds. The third-order valence-corrected chi connectivity index (χ3v) is 8.87. The summed E-state index contributed by atoms with van der Waals surface area (Å²) in [6, 6.07) is 11.9. The van der Waals surface area contributed by atoms with Gasteiger partial charge in [-0.3, -0.25) is 4.98 Å². The van der Waals surface area contributed by atoms with E-state index in [0.717, 1.165) is 0 Å². The highest BCUT2D eigenvalue weighted by molar-refractivity contribution is 5.15. The van der Waals surface area contributed by atoms with Gasteiger partial charge in [0.15, 0.2) is 0 Å². The van der Waals surface area contributed by atoms with Crippen LogP contribution in [0.15, 0.2) is 49.1 Å². The monoisotopic (exact) mass is 538 g/mol. The van der Waals surface area contributed by atoms with Gasteiger partial charge in [-0.15, -0.1) is 0 Å². The molecule has 2 aromatic rings. The smallest absolute Gasteiger partial charge is 0.241 e. The van der Waals surface area contributed by atoms with Crippen LogP contribution in [0.2, 0.25) is 0 Å². The lowest BCUT2D eigenvalue weighted by Gasteiger charge is -2.25. The van der Waals surface area contributed by atoms with Gasteiger partial charge in [0, 0.05) is 5.92 Å². The maximum absolute atomic E-state index is 3.34. The molecule has 2 atom stereocenters. The largest absolute Gasteiger partial charge is 0.250 e. The molecule has 0 radical (unpaired) electrons. The van der Waals surface area contributed by atoms with E-state index >= 15 is 0 Å². The Morgan fingerprint density at radius 1 is 0.564 bits per heavy atom. The summed E-state index contributed by atoms with van der Waals surface area (Å²) in [6.07, 6.45) is 40.3. The highest BCUT2D eigenvalue weighted by Crippen LogP contribution is 2.29. The summed E-state index contributed by atoms with van der Waals surface area (Å²) in [5.74, 6) is 0.714. The van der Waals surface area contributed by atoms with Gasteiger partial charge < -0.3 is 0 Å². The molecule has 2 rings (SSSR count). The Morgan fingerprint density at radius 3 is 1.49 bits per heavy atom. The van der Waals surface area contributed by atoms with Crippen molar-refractivity contribution in [2.24, 2.45) is 5.92 Å². The molecular weight excluding hydrogens is 472 g/mol. The Hall–Kier alpha value is -1.57. The van der Waals surface area contributed by atoms with Crippen LogP contribution in [0.1, 0.15) is 173 Å². The predicted octanol–water partition coefficient (Wildman–Crippen LogP) is 11.7. The molecule has 0 aliphatic carbocycles. The lowest BCUT2D eigenvalue weighted by atomic mass is 9.84. The maximum Gasteiger partial charge on any atom is 0.241 e. The summed E-state index contributed by atoms with van der Waals surface area (Å²) < 4.78 is 2.50. The molecule has 1 heterocycles. The number of H-pyrrole nitrogens is 1. The summed E-state index contributed by atoms with van der Waals surface area (Å²) in [4.78, 5) is 3.34. The zero-order chi connectivity index (χ0) is 27.6. The van der Waals surface area contributed by atoms with Gasteiger partial charge in [0.1, 0.15) is 18.4 Å². The number of hydrogen-bond donors (Lipinski definition) is 1. The molecule has 0 saturated heterocycles. The van der Waals surface area contributed by atoms with Crippen molar-refractivity contribution in [3.05, 3.63) is 54.6 Å². The third kappa shape index (κ3) is 17.0.